The number of rotatable bonds is 4. The molecule has 142 valence electrons. The highest BCUT2D eigenvalue weighted by molar-refractivity contribution is 5.69. The van der Waals surface area contributed by atoms with Crippen LogP contribution in [0.15, 0.2) is 41.3 Å². The Labute approximate surface area is 158 Å². The molecule has 0 bridgehead atoms. The molecular formula is C19H24FN7. The molecule has 0 saturated carbocycles. The standard InChI is InChI=1S/C19H24FN7/c1-21-15-3-4-17(20)19(10-15)27-13-18(23-24-27)14-9-16(12-22-11-14)26-7-5-25(2)6-8-26/h3-4,10-14,21H,5-9H2,1-2H3. The molecule has 1 fully saturated rings. The summed E-state index contributed by atoms with van der Waals surface area (Å²) in [4.78, 5) is 9.16. The van der Waals surface area contributed by atoms with Crippen LogP contribution < -0.4 is 5.32 Å². The topological polar surface area (TPSA) is 61.6 Å². The van der Waals surface area contributed by atoms with Crippen molar-refractivity contribution in [3.05, 3.63) is 47.8 Å². The molecule has 8 heteroatoms. The molecule has 1 aromatic heterocycles. The third kappa shape index (κ3) is 3.71. The zero-order chi connectivity index (χ0) is 18.8. The van der Waals surface area contributed by atoms with E-state index in [0.29, 0.717) is 5.69 Å². The fourth-order valence-electron chi connectivity index (χ4n) is 3.46. The SMILES string of the molecule is CNc1ccc(F)c(-n2cc(C3C=NC=C(N4CCN(C)CC4)C3)nn2)c1. The largest absolute Gasteiger partial charge is 0.388 e. The van der Waals surface area contributed by atoms with Gasteiger partial charge in [-0.1, -0.05) is 5.21 Å². The van der Waals surface area contributed by atoms with Gasteiger partial charge in [-0.3, -0.25) is 4.99 Å². The highest BCUT2D eigenvalue weighted by atomic mass is 19.1. The van der Waals surface area contributed by atoms with E-state index in [9.17, 15) is 4.39 Å². The number of nitrogens with zero attached hydrogens (tertiary/aromatic N) is 6. The molecule has 3 heterocycles. The van der Waals surface area contributed by atoms with Gasteiger partial charge in [0.1, 0.15) is 11.5 Å². The molecule has 27 heavy (non-hydrogen) atoms. The second-order valence-electron chi connectivity index (χ2n) is 7.02. The van der Waals surface area contributed by atoms with Crippen molar-refractivity contribution < 1.29 is 4.39 Å². The maximum Gasteiger partial charge on any atom is 0.149 e. The van der Waals surface area contributed by atoms with Crippen LogP contribution in [0.3, 0.4) is 0 Å². The second-order valence-corrected chi connectivity index (χ2v) is 7.02. The lowest BCUT2D eigenvalue weighted by atomic mass is 9.99. The lowest BCUT2D eigenvalue weighted by molar-refractivity contribution is 0.181. The van der Waals surface area contributed by atoms with Crippen LogP contribution in [0.25, 0.3) is 5.69 Å². The van der Waals surface area contributed by atoms with Crippen LogP contribution in [-0.4, -0.2) is 71.3 Å². The van der Waals surface area contributed by atoms with Crippen molar-refractivity contribution >= 4 is 11.9 Å². The Morgan fingerprint density at radius 2 is 2.00 bits per heavy atom. The lowest BCUT2D eigenvalue weighted by Crippen LogP contribution is -2.44. The zero-order valence-electron chi connectivity index (χ0n) is 15.6. The lowest BCUT2D eigenvalue weighted by Gasteiger charge is -2.36. The van der Waals surface area contributed by atoms with Gasteiger partial charge in [-0.15, -0.1) is 5.10 Å². The van der Waals surface area contributed by atoms with Crippen LogP contribution in [0.2, 0.25) is 0 Å². The summed E-state index contributed by atoms with van der Waals surface area (Å²) in [6.07, 6.45) is 6.48. The molecule has 0 amide bonds. The first-order valence-corrected chi connectivity index (χ1v) is 9.20. The van der Waals surface area contributed by atoms with E-state index in [4.69, 9.17) is 0 Å². The number of anilines is 1. The van der Waals surface area contributed by atoms with E-state index < -0.39 is 0 Å². The maximum absolute atomic E-state index is 14.2. The van der Waals surface area contributed by atoms with E-state index in [1.165, 1.54) is 16.4 Å². The van der Waals surface area contributed by atoms with E-state index in [1.54, 1.807) is 25.4 Å². The van der Waals surface area contributed by atoms with Gasteiger partial charge in [-0.2, -0.15) is 0 Å². The summed E-state index contributed by atoms with van der Waals surface area (Å²) < 4.78 is 15.7. The van der Waals surface area contributed by atoms with Gasteiger partial charge >= 0.3 is 0 Å². The Bertz CT molecular complexity index is 865. The van der Waals surface area contributed by atoms with Gasteiger partial charge in [0, 0.05) is 69.4 Å². The summed E-state index contributed by atoms with van der Waals surface area (Å²) in [7, 11) is 3.95. The summed E-state index contributed by atoms with van der Waals surface area (Å²) >= 11 is 0. The molecule has 7 nitrogen and oxygen atoms in total. The Morgan fingerprint density at radius 3 is 2.78 bits per heavy atom. The first-order valence-electron chi connectivity index (χ1n) is 9.20. The number of piperazine rings is 1. The van der Waals surface area contributed by atoms with E-state index in [0.717, 1.165) is 44.0 Å². The third-order valence-corrected chi connectivity index (χ3v) is 5.20. The van der Waals surface area contributed by atoms with Crippen molar-refractivity contribution in [3.63, 3.8) is 0 Å². The van der Waals surface area contributed by atoms with Crippen molar-refractivity contribution in [2.24, 2.45) is 4.99 Å². The molecule has 4 rings (SSSR count). The number of likely N-dealkylation sites (N-methyl/N-ethyl adjacent to an activating group) is 1. The molecule has 1 saturated heterocycles. The van der Waals surface area contributed by atoms with Gasteiger partial charge in [-0.25, -0.2) is 9.07 Å². The average molecular weight is 369 g/mol. The highest BCUT2D eigenvalue weighted by Crippen LogP contribution is 2.27. The monoisotopic (exact) mass is 369 g/mol. The smallest absolute Gasteiger partial charge is 0.149 e. The van der Waals surface area contributed by atoms with Crippen molar-refractivity contribution in [3.8, 4) is 5.69 Å². The summed E-state index contributed by atoms with van der Waals surface area (Å²) in [6.45, 7) is 4.14. The van der Waals surface area contributed by atoms with Gasteiger partial charge in [0.15, 0.2) is 0 Å². The van der Waals surface area contributed by atoms with Gasteiger partial charge in [0.2, 0.25) is 0 Å². The summed E-state index contributed by atoms with van der Waals surface area (Å²) in [5.74, 6) is -0.283. The van der Waals surface area contributed by atoms with Crippen LogP contribution in [-0.2, 0) is 0 Å². The number of aliphatic imine (C=N–C) groups is 1. The minimum atomic E-state index is -0.333. The summed E-state index contributed by atoms with van der Waals surface area (Å²) in [5.41, 5.74) is 3.23. The quantitative estimate of drug-likeness (QED) is 0.894. The Kier molecular flexibility index (Phi) is 4.89. The average Bonchev–Trinajstić information content (AvgIpc) is 3.19. The number of benzene rings is 1. The molecule has 1 unspecified atom stereocenters. The normalized spacial score (nSPS) is 20.6. The Hall–Kier alpha value is -2.74. The van der Waals surface area contributed by atoms with Crippen LogP contribution >= 0.6 is 0 Å². The fourth-order valence-corrected chi connectivity index (χ4v) is 3.46. The number of allylic oxidation sites excluding steroid dienone is 1. The molecule has 2 aromatic rings. The zero-order valence-corrected chi connectivity index (χ0v) is 15.6. The first-order chi connectivity index (χ1) is 13.1. The minimum Gasteiger partial charge on any atom is -0.388 e. The molecule has 0 aliphatic carbocycles. The van der Waals surface area contributed by atoms with E-state index in [2.05, 4.69) is 37.5 Å². The van der Waals surface area contributed by atoms with E-state index in [-0.39, 0.29) is 11.7 Å². The van der Waals surface area contributed by atoms with Gasteiger partial charge < -0.3 is 15.1 Å². The summed E-state index contributed by atoms with van der Waals surface area (Å²) in [5, 5.41) is 11.4. The Morgan fingerprint density at radius 1 is 1.19 bits per heavy atom. The van der Waals surface area contributed by atoms with E-state index >= 15 is 0 Å². The van der Waals surface area contributed by atoms with Gasteiger partial charge in [-0.05, 0) is 25.2 Å². The number of aromatic nitrogens is 3. The predicted molar refractivity (Wildman–Crippen MR) is 104 cm³/mol. The van der Waals surface area contributed by atoms with Crippen LogP contribution in [0.1, 0.15) is 18.0 Å². The molecule has 1 N–H and O–H groups in total. The van der Waals surface area contributed by atoms with Crippen LogP contribution in [0, 0.1) is 5.82 Å². The molecule has 2 aliphatic heterocycles. The molecular weight excluding hydrogens is 345 g/mol. The van der Waals surface area contributed by atoms with Crippen molar-refractivity contribution in [1.29, 1.82) is 0 Å². The second kappa shape index (κ2) is 7.48. The molecule has 1 atom stereocenters. The molecule has 0 radical (unpaired) electrons. The van der Waals surface area contributed by atoms with Gasteiger partial charge in [0.05, 0.1) is 11.9 Å². The highest BCUT2D eigenvalue weighted by Gasteiger charge is 2.24. The minimum absolute atomic E-state index is 0.0500. The van der Waals surface area contributed by atoms with Crippen molar-refractivity contribution in [2.45, 2.75) is 12.3 Å². The van der Waals surface area contributed by atoms with Crippen molar-refractivity contribution in [1.82, 2.24) is 24.8 Å². The van der Waals surface area contributed by atoms with Crippen LogP contribution in [0.5, 0.6) is 0 Å². The molecule has 1 aromatic carbocycles. The number of hydrogen-bond acceptors (Lipinski definition) is 6. The number of halogens is 1. The molecule has 2 aliphatic rings. The van der Waals surface area contributed by atoms with Gasteiger partial charge in [0.25, 0.3) is 0 Å². The maximum atomic E-state index is 14.2. The predicted octanol–water partition coefficient (Wildman–Crippen LogP) is 2.09. The fraction of sp³-hybridized carbons (Fsp3) is 0.421. The first kappa shape index (κ1) is 17.7. The van der Waals surface area contributed by atoms with Crippen molar-refractivity contribution in [2.75, 3.05) is 45.6 Å². The Balaban J connectivity index is 1.51. The van der Waals surface area contributed by atoms with Crippen LogP contribution in [0.4, 0.5) is 10.1 Å². The number of nitrogens with one attached hydrogen (secondary N) is 1. The number of hydrogen-bond donors (Lipinski definition) is 1. The third-order valence-electron chi connectivity index (χ3n) is 5.20. The van der Waals surface area contributed by atoms with E-state index in [1.807, 2.05) is 12.4 Å². The molecule has 0 spiro atoms. The summed E-state index contributed by atoms with van der Waals surface area (Å²) in [6, 6.07) is 4.84.